The lowest BCUT2D eigenvalue weighted by atomic mass is 9.94. The van der Waals surface area contributed by atoms with Gasteiger partial charge in [-0.15, -0.1) is 12.4 Å². The second-order valence-corrected chi connectivity index (χ2v) is 9.23. The van der Waals surface area contributed by atoms with Crippen LogP contribution in [0.3, 0.4) is 0 Å². The van der Waals surface area contributed by atoms with Crippen molar-refractivity contribution in [2.45, 2.75) is 38.1 Å². The van der Waals surface area contributed by atoms with E-state index in [0.717, 1.165) is 6.42 Å². The van der Waals surface area contributed by atoms with E-state index in [-0.39, 0.29) is 29.3 Å². The first-order valence-corrected chi connectivity index (χ1v) is 10.2. The van der Waals surface area contributed by atoms with Crippen molar-refractivity contribution in [3.63, 3.8) is 0 Å². The van der Waals surface area contributed by atoms with E-state index in [1.807, 2.05) is 6.92 Å². The maximum atomic E-state index is 13.0. The van der Waals surface area contributed by atoms with Gasteiger partial charge in [0.15, 0.2) is 0 Å². The second kappa shape index (κ2) is 9.17. The van der Waals surface area contributed by atoms with Crippen LogP contribution in [0.4, 0.5) is 0 Å². The van der Waals surface area contributed by atoms with Gasteiger partial charge in [0.2, 0.25) is 10.0 Å². The van der Waals surface area contributed by atoms with E-state index in [9.17, 15) is 13.2 Å². The minimum absolute atomic E-state index is 0. The lowest BCUT2D eigenvalue weighted by Crippen LogP contribution is -2.42. The van der Waals surface area contributed by atoms with Gasteiger partial charge < -0.3 is 10.6 Å². The molecule has 1 fully saturated rings. The summed E-state index contributed by atoms with van der Waals surface area (Å²) in [6.45, 7) is 7.39. The van der Waals surface area contributed by atoms with E-state index >= 15 is 0 Å². The fourth-order valence-electron chi connectivity index (χ4n) is 3.30. The van der Waals surface area contributed by atoms with Gasteiger partial charge in [0.1, 0.15) is 0 Å². The molecule has 8 heteroatoms. The Labute approximate surface area is 163 Å². The number of amides is 1. The molecular formula is C18H30ClN3O3S. The summed E-state index contributed by atoms with van der Waals surface area (Å²) in [6, 6.07) is 6.18. The van der Waals surface area contributed by atoms with Gasteiger partial charge >= 0.3 is 0 Å². The molecule has 3 atom stereocenters. The van der Waals surface area contributed by atoms with Crippen LogP contribution < -0.4 is 5.73 Å². The van der Waals surface area contributed by atoms with E-state index in [4.69, 9.17) is 5.73 Å². The number of nitrogens with zero attached hydrogens (tertiary/aromatic N) is 2. The molecule has 148 valence electrons. The number of rotatable bonds is 5. The van der Waals surface area contributed by atoms with Crippen LogP contribution in [-0.4, -0.2) is 56.3 Å². The Bertz CT molecular complexity index is 716. The van der Waals surface area contributed by atoms with Crippen LogP contribution in [0.1, 0.15) is 37.6 Å². The van der Waals surface area contributed by atoms with Crippen LogP contribution >= 0.6 is 12.4 Å². The molecular weight excluding hydrogens is 374 g/mol. The van der Waals surface area contributed by atoms with Gasteiger partial charge in [-0.1, -0.05) is 19.9 Å². The van der Waals surface area contributed by atoms with Gasteiger partial charge in [-0.2, -0.15) is 4.31 Å². The third kappa shape index (κ3) is 4.97. The number of nitrogens with two attached hydrogens (primary N) is 1. The van der Waals surface area contributed by atoms with E-state index < -0.39 is 10.0 Å². The number of benzene rings is 1. The van der Waals surface area contributed by atoms with Crippen molar-refractivity contribution >= 4 is 28.3 Å². The van der Waals surface area contributed by atoms with Crippen LogP contribution in [0.5, 0.6) is 0 Å². The van der Waals surface area contributed by atoms with E-state index in [0.29, 0.717) is 37.0 Å². The van der Waals surface area contributed by atoms with Crippen molar-refractivity contribution in [1.29, 1.82) is 0 Å². The Morgan fingerprint density at radius 1 is 1.31 bits per heavy atom. The molecule has 1 amide bonds. The smallest absolute Gasteiger partial charge is 0.253 e. The minimum Gasteiger partial charge on any atom is -0.338 e. The first kappa shape index (κ1) is 22.9. The Kier molecular flexibility index (Phi) is 8.07. The zero-order valence-corrected chi connectivity index (χ0v) is 17.5. The lowest BCUT2D eigenvalue weighted by Gasteiger charge is -2.34. The van der Waals surface area contributed by atoms with Crippen molar-refractivity contribution in [2.24, 2.45) is 17.6 Å². The molecule has 2 N–H and O–H groups in total. The highest BCUT2D eigenvalue weighted by Crippen LogP contribution is 2.27. The molecule has 6 nitrogen and oxygen atoms in total. The molecule has 0 radical (unpaired) electrons. The normalized spacial score (nSPS) is 22.3. The van der Waals surface area contributed by atoms with Crippen LogP contribution in [-0.2, 0) is 10.0 Å². The van der Waals surface area contributed by atoms with Crippen LogP contribution in [0.15, 0.2) is 29.2 Å². The van der Waals surface area contributed by atoms with Crippen molar-refractivity contribution in [3.05, 3.63) is 29.8 Å². The molecule has 2 rings (SSSR count). The third-order valence-electron chi connectivity index (χ3n) is 4.88. The standard InChI is InChI=1S/C18H29N3O3S.ClH/c1-13-8-14(2)12-21(11-13)25(23,24)17-7-5-6-16(9-17)18(22)20(4)15(3)10-19;/h5-7,9,13-15H,8,10-12,19H2,1-4H3;1H. The van der Waals surface area contributed by atoms with Gasteiger partial charge in [0.25, 0.3) is 5.91 Å². The molecule has 0 spiro atoms. The monoisotopic (exact) mass is 403 g/mol. The SMILES string of the molecule is CC1CC(C)CN(S(=O)(=O)c2cccc(C(=O)N(C)C(C)CN)c2)C1.Cl. The Balaban J connectivity index is 0.00000338. The molecule has 1 heterocycles. The average molecular weight is 404 g/mol. The quantitative estimate of drug-likeness (QED) is 0.816. The zero-order valence-electron chi connectivity index (χ0n) is 15.9. The molecule has 0 bridgehead atoms. The predicted molar refractivity (Wildman–Crippen MR) is 106 cm³/mol. The predicted octanol–water partition coefficient (Wildman–Crippen LogP) is 2.19. The summed E-state index contributed by atoms with van der Waals surface area (Å²) < 4.78 is 27.5. The van der Waals surface area contributed by atoms with E-state index in [1.54, 1.807) is 29.6 Å². The highest BCUT2D eigenvalue weighted by atomic mass is 35.5. The van der Waals surface area contributed by atoms with Crippen molar-refractivity contribution in [3.8, 4) is 0 Å². The van der Waals surface area contributed by atoms with Crippen LogP contribution in [0, 0.1) is 11.8 Å². The number of likely N-dealkylation sites (N-methyl/N-ethyl adjacent to an activating group) is 1. The third-order valence-corrected chi connectivity index (χ3v) is 6.70. The summed E-state index contributed by atoms with van der Waals surface area (Å²) in [6.07, 6.45) is 1.03. The summed E-state index contributed by atoms with van der Waals surface area (Å²) in [7, 11) is -1.92. The summed E-state index contributed by atoms with van der Waals surface area (Å²) in [5.41, 5.74) is 5.98. The molecule has 0 aliphatic carbocycles. The molecule has 1 aliphatic heterocycles. The molecule has 1 aromatic rings. The number of carbonyl (C=O) groups is 1. The van der Waals surface area contributed by atoms with Crippen molar-refractivity contribution in [2.75, 3.05) is 26.7 Å². The molecule has 0 aromatic heterocycles. The summed E-state index contributed by atoms with van der Waals surface area (Å²) >= 11 is 0. The molecule has 0 saturated carbocycles. The summed E-state index contributed by atoms with van der Waals surface area (Å²) in [4.78, 5) is 14.3. The molecule has 1 aliphatic rings. The highest BCUT2D eigenvalue weighted by molar-refractivity contribution is 7.89. The number of hydrogen-bond donors (Lipinski definition) is 1. The maximum absolute atomic E-state index is 13.0. The van der Waals surface area contributed by atoms with Crippen LogP contribution in [0.2, 0.25) is 0 Å². The van der Waals surface area contributed by atoms with Crippen molar-refractivity contribution < 1.29 is 13.2 Å². The fourth-order valence-corrected chi connectivity index (χ4v) is 5.03. The average Bonchev–Trinajstić information content (AvgIpc) is 2.59. The minimum atomic E-state index is -3.60. The van der Waals surface area contributed by atoms with E-state index in [1.165, 1.54) is 11.0 Å². The van der Waals surface area contributed by atoms with Gasteiger partial charge in [-0.05, 0) is 43.4 Å². The number of halogens is 1. The maximum Gasteiger partial charge on any atom is 0.253 e. The molecule has 1 aromatic carbocycles. The fraction of sp³-hybridized carbons (Fsp3) is 0.611. The summed E-state index contributed by atoms with van der Waals surface area (Å²) in [5, 5.41) is 0. The van der Waals surface area contributed by atoms with Gasteiger partial charge in [0.05, 0.1) is 4.90 Å². The van der Waals surface area contributed by atoms with Crippen molar-refractivity contribution in [1.82, 2.24) is 9.21 Å². The zero-order chi connectivity index (χ0) is 18.8. The van der Waals surface area contributed by atoms with Crippen LogP contribution in [0.25, 0.3) is 0 Å². The van der Waals surface area contributed by atoms with Gasteiger partial charge in [-0.25, -0.2) is 8.42 Å². The largest absolute Gasteiger partial charge is 0.338 e. The number of hydrogen-bond acceptors (Lipinski definition) is 4. The first-order chi connectivity index (χ1) is 11.7. The lowest BCUT2D eigenvalue weighted by molar-refractivity contribution is 0.0748. The Hall–Kier alpha value is -1.15. The Morgan fingerprint density at radius 2 is 1.88 bits per heavy atom. The van der Waals surface area contributed by atoms with Gasteiger partial charge in [0, 0.05) is 38.3 Å². The Morgan fingerprint density at radius 3 is 2.42 bits per heavy atom. The second-order valence-electron chi connectivity index (χ2n) is 7.30. The molecule has 1 saturated heterocycles. The number of carbonyl (C=O) groups excluding carboxylic acids is 1. The highest BCUT2D eigenvalue weighted by Gasteiger charge is 2.32. The number of sulfonamides is 1. The molecule has 3 unspecified atom stereocenters. The van der Waals surface area contributed by atoms with E-state index in [2.05, 4.69) is 13.8 Å². The first-order valence-electron chi connectivity index (χ1n) is 8.74. The number of piperidine rings is 1. The molecule has 26 heavy (non-hydrogen) atoms. The van der Waals surface area contributed by atoms with Gasteiger partial charge in [-0.3, -0.25) is 4.79 Å². The summed E-state index contributed by atoms with van der Waals surface area (Å²) in [5.74, 6) is 0.440. The topological polar surface area (TPSA) is 83.7 Å².